The van der Waals surface area contributed by atoms with Crippen molar-refractivity contribution in [3.63, 3.8) is 0 Å². The molecule has 0 unspecified atom stereocenters. The first-order valence-corrected chi connectivity index (χ1v) is 32.2. The number of aromatic nitrogens is 2. The van der Waals surface area contributed by atoms with Crippen molar-refractivity contribution < 1.29 is 0 Å². The monoisotopic (exact) mass is 1180 g/mol. The van der Waals surface area contributed by atoms with Crippen molar-refractivity contribution in [2.75, 3.05) is 0 Å². The summed E-state index contributed by atoms with van der Waals surface area (Å²) in [5.41, 5.74) is 30.9. The van der Waals surface area contributed by atoms with Crippen molar-refractivity contribution in [2.45, 2.75) is 5.41 Å². The molecule has 15 aromatic carbocycles. The van der Waals surface area contributed by atoms with Crippen LogP contribution in [0.3, 0.4) is 0 Å². The lowest BCUT2D eigenvalue weighted by molar-refractivity contribution is 0.769. The van der Waals surface area contributed by atoms with Gasteiger partial charge in [-0.1, -0.05) is 303 Å². The van der Waals surface area contributed by atoms with Crippen LogP contribution in [-0.4, -0.2) is 9.13 Å². The zero-order chi connectivity index (χ0) is 61.4. The smallest absolute Gasteiger partial charge is 0.0713 e. The third-order valence-corrected chi connectivity index (χ3v) is 19.7. The quantitative estimate of drug-likeness (QED) is 0.122. The molecule has 0 bridgehead atoms. The van der Waals surface area contributed by atoms with Gasteiger partial charge in [0.1, 0.15) is 0 Å². The molecule has 2 aromatic heterocycles. The molecule has 2 heteroatoms. The first-order chi connectivity index (χ1) is 46.1. The standard InChI is InChI=1S/C91H60N2/c1-3-21-61(22-4-1)68-25-19-26-69(57-68)65-49-53-73(54-50-65)91(83-35-13-7-31-77(83)78-32-8-14-36-84(78)91)74-28-20-27-70(58-74)64-43-41-62(42-44-64)63-45-47-67(48-46-63)76-30-10-16-38-86(76)93-88-40-18-12-34-80(88)82-60-72(52-56-90(82)93)71-51-55-89-81(59-71)79-33-11-17-39-87(79)92(89)85-37-15-9-29-75(85)66-23-5-2-6-24-66/h1-60H. The molecule has 0 aliphatic heterocycles. The number of rotatable bonds is 11. The van der Waals surface area contributed by atoms with Gasteiger partial charge in [0.2, 0.25) is 0 Å². The molecule has 434 valence electrons. The van der Waals surface area contributed by atoms with Crippen LogP contribution in [0.1, 0.15) is 22.3 Å². The molecule has 93 heavy (non-hydrogen) atoms. The highest BCUT2D eigenvalue weighted by Crippen LogP contribution is 2.57. The molecule has 1 aliphatic carbocycles. The lowest BCUT2D eigenvalue weighted by atomic mass is 9.67. The van der Waals surface area contributed by atoms with E-state index in [1.165, 1.54) is 161 Å². The lowest BCUT2D eigenvalue weighted by Gasteiger charge is -2.34. The molecule has 1 aliphatic rings. The summed E-state index contributed by atoms with van der Waals surface area (Å²) < 4.78 is 4.90. The van der Waals surface area contributed by atoms with Crippen molar-refractivity contribution >= 4 is 43.6 Å². The van der Waals surface area contributed by atoms with Crippen LogP contribution < -0.4 is 0 Å². The first-order valence-electron chi connectivity index (χ1n) is 32.2. The fourth-order valence-electron chi connectivity index (χ4n) is 15.3. The number of hydrogen-bond donors (Lipinski definition) is 0. The van der Waals surface area contributed by atoms with Crippen molar-refractivity contribution in [3.05, 3.63) is 386 Å². The zero-order valence-corrected chi connectivity index (χ0v) is 51.0. The third kappa shape index (κ3) is 8.86. The average Bonchev–Trinajstić information content (AvgIpc) is 1.58. The van der Waals surface area contributed by atoms with Gasteiger partial charge in [-0.25, -0.2) is 0 Å². The van der Waals surface area contributed by atoms with E-state index in [0.717, 1.165) is 5.69 Å². The minimum atomic E-state index is -0.529. The Bertz CT molecular complexity index is 5670. The van der Waals surface area contributed by atoms with Gasteiger partial charge < -0.3 is 9.13 Å². The van der Waals surface area contributed by atoms with Gasteiger partial charge in [-0.15, -0.1) is 0 Å². The molecule has 0 fully saturated rings. The van der Waals surface area contributed by atoms with E-state index in [4.69, 9.17) is 0 Å². The molecular formula is C91H60N2. The second-order valence-electron chi connectivity index (χ2n) is 24.7. The van der Waals surface area contributed by atoms with Gasteiger partial charge in [-0.3, -0.25) is 0 Å². The average molecular weight is 1180 g/mol. The van der Waals surface area contributed by atoms with Crippen LogP contribution in [-0.2, 0) is 5.41 Å². The van der Waals surface area contributed by atoms with E-state index in [-0.39, 0.29) is 0 Å². The largest absolute Gasteiger partial charge is 0.309 e. The van der Waals surface area contributed by atoms with Crippen LogP contribution >= 0.6 is 0 Å². The summed E-state index contributed by atoms with van der Waals surface area (Å²) in [4.78, 5) is 0. The molecule has 0 spiro atoms. The fraction of sp³-hybridized carbons (Fsp3) is 0.0110. The van der Waals surface area contributed by atoms with E-state index < -0.39 is 5.41 Å². The van der Waals surface area contributed by atoms with Crippen LogP contribution in [0.5, 0.6) is 0 Å². The summed E-state index contributed by atoms with van der Waals surface area (Å²) in [6.07, 6.45) is 0. The normalized spacial score (nSPS) is 12.4. The van der Waals surface area contributed by atoms with Crippen molar-refractivity contribution in [1.82, 2.24) is 9.13 Å². The van der Waals surface area contributed by atoms with E-state index in [2.05, 4.69) is 373 Å². The van der Waals surface area contributed by atoms with E-state index in [0.29, 0.717) is 0 Å². The van der Waals surface area contributed by atoms with Gasteiger partial charge in [0.05, 0.1) is 38.9 Å². The Balaban J connectivity index is 0.657. The van der Waals surface area contributed by atoms with Gasteiger partial charge in [-0.2, -0.15) is 0 Å². The van der Waals surface area contributed by atoms with Crippen LogP contribution in [0.2, 0.25) is 0 Å². The Kier molecular flexibility index (Phi) is 12.8. The van der Waals surface area contributed by atoms with Crippen LogP contribution in [0, 0.1) is 0 Å². The molecule has 17 aromatic rings. The fourth-order valence-corrected chi connectivity index (χ4v) is 15.3. The topological polar surface area (TPSA) is 9.86 Å². The molecule has 0 N–H and O–H groups in total. The summed E-state index contributed by atoms with van der Waals surface area (Å²) >= 11 is 0. The molecule has 0 saturated carbocycles. The second kappa shape index (κ2) is 22.1. The Morgan fingerprint density at radius 2 is 0.495 bits per heavy atom. The van der Waals surface area contributed by atoms with Gasteiger partial charge in [0.15, 0.2) is 0 Å². The van der Waals surface area contributed by atoms with Crippen LogP contribution in [0.4, 0.5) is 0 Å². The Morgan fingerprint density at radius 3 is 1.01 bits per heavy atom. The number of benzene rings is 15. The van der Waals surface area contributed by atoms with Crippen molar-refractivity contribution in [3.8, 4) is 100 Å². The van der Waals surface area contributed by atoms with Gasteiger partial charge in [-0.05, 0) is 161 Å². The van der Waals surface area contributed by atoms with Crippen molar-refractivity contribution in [2.24, 2.45) is 0 Å². The molecule has 0 amide bonds. The molecule has 0 radical (unpaired) electrons. The zero-order valence-electron chi connectivity index (χ0n) is 51.0. The van der Waals surface area contributed by atoms with Crippen LogP contribution in [0.15, 0.2) is 364 Å². The SMILES string of the molecule is c1ccc(-c2cccc(-c3ccc(C4(c5cccc(-c6ccc(-c7ccc(-c8ccccc8-n8c9ccccc9c9cc(-c%10ccc%11c(c%10)c%10ccccc%10n%11-c%10ccccc%10-c%10ccccc%10)ccc98)cc7)cc6)c5)c5ccccc5-c5ccccc54)cc3)c2)cc1. The highest BCUT2D eigenvalue weighted by Gasteiger charge is 2.46. The van der Waals surface area contributed by atoms with Gasteiger partial charge >= 0.3 is 0 Å². The third-order valence-electron chi connectivity index (χ3n) is 19.7. The number of nitrogens with zero attached hydrogens (tertiary/aromatic N) is 2. The maximum atomic E-state index is 2.46. The summed E-state index contributed by atoms with van der Waals surface area (Å²) in [6, 6.07) is 135. The molecular weight excluding hydrogens is 1120 g/mol. The summed E-state index contributed by atoms with van der Waals surface area (Å²) in [5, 5.41) is 4.93. The lowest BCUT2D eigenvalue weighted by Crippen LogP contribution is -2.28. The molecule has 0 atom stereocenters. The summed E-state index contributed by atoms with van der Waals surface area (Å²) in [7, 11) is 0. The summed E-state index contributed by atoms with van der Waals surface area (Å²) in [5.74, 6) is 0. The Labute approximate surface area is 541 Å². The number of fused-ring (bicyclic) bond motifs is 9. The molecule has 0 saturated heterocycles. The predicted octanol–water partition coefficient (Wildman–Crippen LogP) is 23.9. The second-order valence-corrected chi connectivity index (χ2v) is 24.7. The van der Waals surface area contributed by atoms with Crippen LogP contribution in [0.25, 0.3) is 144 Å². The van der Waals surface area contributed by atoms with E-state index in [1.54, 1.807) is 0 Å². The highest BCUT2D eigenvalue weighted by atomic mass is 15.0. The minimum absolute atomic E-state index is 0.529. The Morgan fingerprint density at radius 1 is 0.172 bits per heavy atom. The van der Waals surface area contributed by atoms with Gasteiger partial charge in [0.25, 0.3) is 0 Å². The summed E-state index contributed by atoms with van der Waals surface area (Å²) in [6.45, 7) is 0. The van der Waals surface area contributed by atoms with E-state index >= 15 is 0 Å². The molecule has 18 rings (SSSR count). The van der Waals surface area contributed by atoms with Gasteiger partial charge in [0, 0.05) is 32.7 Å². The Hall–Kier alpha value is -12.1. The maximum Gasteiger partial charge on any atom is 0.0713 e. The number of para-hydroxylation sites is 4. The highest BCUT2D eigenvalue weighted by molar-refractivity contribution is 6.13. The van der Waals surface area contributed by atoms with Crippen molar-refractivity contribution in [1.29, 1.82) is 0 Å². The molecule has 2 nitrogen and oxygen atoms in total. The first kappa shape index (κ1) is 53.9. The number of hydrogen-bond acceptors (Lipinski definition) is 0. The maximum absolute atomic E-state index is 2.46. The van der Waals surface area contributed by atoms with E-state index in [1.807, 2.05) is 0 Å². The van der Waals surface area contributed by atoms with E-state index in [9.17, 15) is 0 Å². The molecule has 2 heterocycles. The predicted molar refractivity (Wildman–Crippen MR) is 390 cm³/mol. The minimum Gasteiger partial charge on any atom is -0.309 e.